The molecule has 0 aliphatic heterocycles. The number of carbonyl (C=O) groups excluding carboxylic acids is 1. The first-order chi connectivity index (χ1) is 8.42. The molecule has 18 heavy (non-hydrogen) atoms. The summed E-state index contributed by atoms with van der Waals surface area (Å²) < 4.78 is 0. The van der Waals surface area contributed by atoms with Crippen molar-refractivity contribution in [2.24, 2.45) is 5.84 Å². The van der Waals surface area contributed by atoms with E-state index < -0.39 is 4.92 Å². The third kappa shape index (κ3) is 2.69. The molecule has 0 heterocycles. The van der Waals surface area contributed by atoms with Gasteiger partial charge in [0.15, 0.2) is 0 Å². The number of nitrogens with one attached hydrogen (secondary N) is 1. The number of nitrogens with zero attached hydrogens (tertiary/aromatic N) is 2. The molecule has 98 valence electrons. The third-order valence-electron chi connectivity index (χ3n) is 2.48. The molecule has 0 saturated heterocycles. The van der Waals surface area contributed by atoms with E-state index in [1.165, 1.54) is 11.0 Å². The van der Waals surface area contributed by atoms with Crippen molar-refractivity contribution in [2.75, 3.05) is 19.0 Å². The van der Waals surface area contributed by atoms with E-state index in [4.69, 9.17) is 17.4 Å². The standard InChI is InChI=1S/C10H13ClN4O3/c1-3-14(2)10(16)6-4-7(11)9(13-12)8(5-6)15(17)18/h4-5,13H,3,12H2,1-2H3. The predicted molar refractivity (Wildman–Crippen MR) is 68.6 cm³/mol. The molecule has 0 radical (unpaired) electrons. The highest BCUT2D eigenvalue weighted by molar-refractivity contribution is 6.34. The molecule has 8 heteroatoms. The smallest absolute Gasteiger partial charge is 0.295 e. The number of nitrogens with two attached hydrogens (primary N) is 1. The largest absolute Gasteiger partial charge is 0.342 e. The topological polar surface area (TPSA) is 102 Å². The Balaban J connectivity index is 3.33. The van der Waals surface area contributed by atoms with Gasteiger partial charge in [-0.1, -0.05) is 11.6 Å². The Morgan fingerprint density at radius 3 is 2.67 bits per heavy atom. The molecule has 1 aromatic carbocycles. The molecular weight excluding hydrogens is 260 g/mol. The first kappa shape index (κ1) is 14.2. The molecule has 1 aromatic rings. The van der Waals surface area contributed by atoms with Gasteiger partial charge in [-0.2, -0.15) is 0 Å². The van der Waals surface area contributed by atoms with E-state index in [9.17, 15) is 14.9 Å². The van der Waals surface area contributed by atoms with Crippen LogP contribution in [0.15, 0.2) is 12.1 Å². The van der Waals surface area contributed by atoms with E-state index in [1.54, 1.807) is 14.0 Å². The van der Waals surface area contributed by atoms with Crippen molar-refractivity contribution in [3.8, 4) is 0 Å². The molecule has 0 bridgehead atoms. The number of amides is 1. The molecular formula is C10H13ClN4O3. The van der Waals surface area contributed by atoms with Crippen molar-refractivity contribution in [2.45, 2.75) is 6.92 Å². The minimum atomic E-state index is -0.649. The van der Waals surface area contributed by atoms with E-state index >= 15 is 0 Å². The lowest BCUT2D eigenvalue weighted by Crippen LogP contribution is -2.26. The summed E-state index contributed by atoms with van der Waals surface area (Å²) in [4.78, 5) is 23.5. The lowest BCUT2D eigenvalue weighted by Gasteiger charge is -2.15. The summed E-state index contributed by atoms with van der Waals surface area (Å²) in [6.07, 6.45) is 0. The number of hydrogen-bond acceptors (Lipinski definition) is 5. The maximum Gasteiger partial charge on any atom is 0.295 e. The van der Waals surface area contributed by atoms with Gasteiger partial charge in [0.2, 0.25) is 0 Å². The van der Waals surface area contributed by atoms with Gasteiger partial charge in [0.1, 0.15) is 5.69 Å². The van der Waals surface area contributed by atoms with Crippen molar-refractivity contribution >= 4 is 28.9 Å². The van der Waals surface area contributed by atoms with Crippen molar-refractivity contribution in [3.05, 3.63) is 32.8 Å². The van der Waals surface area contributed by atoms with Gasteiger partial charge >= 0.3 is 0 Å². The van der Waals surface area contributed by atoms with E-state index in [-0.39, 0.29) is 27.9 Å². The summed E-state index contributed by atoms with van der Waals surface area (Å²) >= 11 is 5.85. The maximum absolute atomic E-state index is 11.9. The Morgan fingerprint density at radius 1 is 1.61 bits per heavy atom. The summed E-state index contributed by atoms with van der Waals surface area (Å²) in [5.41, 5.74) is 1.95. The molecule has 0 aliphatic rings. The number of anilines is 1. The van der Waals surface area contributed by atoms with Crippen LogP contribution in [0, 0.1) is 10.1 Å². The van der Waals surface area contributed by atoms with Crippen molar-refractivity contribution in [1.82, 2.24) is 4.90 Å². The van der Waals surface area contributed by atoms with Crippen LogP contribution in [0.3, 0.4) is 0 Å². The molecule has 0 saturated carbocycles. The van der Waals surface area contributed by atoms with E-state index in [2.05, 4.69) is 5.43 Å². The van der Waals surface area contributed by atoms with Gasteiger partial charge in [0.25, 0.3) is 11.6 Å². The SMILES string of the molecule is CCN(C)C(=O)c1cc(Cl)c(NN)c([N+](=O)[O-])c1. The number of benzene rings is 1. The van der Waals surface area contributed by atoms with Crippen molar-refractivity contribution < 1.29 is 9.72 Å². The fourth-order valence-electron chi connectivity index (χ4n) is 1.37. The van der Waals surface area contributed by atoms with Crippen LogP contribution in [0.25, 0.3) is 0 Å². The highest BCUT2D eigenvalue weighted by Gasteiger charge is 2.22. The molecule has 7 nitrogen and oxygen atoms in total. The third-order valence-corrected chi connectivity index (χ3v) is 2.78. The van der Waals surface area contributed by atoms with Crippen LogP contribution < -0.4 is 11.3 Å². The molecule has 0 aliphatic carbocycles. The Kier molecular flexibility index (Phi) is 4.46. The second kappa shape index (κ2) is 5.65. The number of nitro groups is 1. The second-order valence-electron chi connectivity index (χ2n) is 3.57. The number of hydrazine groups is 1. The average molecular weight is 273 g/mol. The van der Waals surface area contributed by atoms with Gasteiger partial charge in [-0.15, -0.1) is 0 Å². The summed E-state index contributed by atoms with van der Waals surface area (Å²) in [6, 6.07) is 2.49. The molecule has 1 rings (SSSR count). The number of carbonyl (C=O) groups is 1. The number of hydrogen-bond donors (Lipinski definition) is 2. The lowest BCUT2D eigenvalue weighted by atomic mass is 10.1. The first-order valence-corrected chi connectivity index (χ1v) is 5.50. The Labute approximate surface area is 109 Å². The molecule has 0 unspecified atom stereocenters. The molecule has 0 fully saturated rings. The van der Waals surface area contributed by atoms with Gasteiger partial charge in [0, 0.05) is 25.2 Å². The number of halogens is 1. The quantitative estimate of drug-likeness (QED) is 0.493. The van der Waals surface area contributed by atoms with E-state index in [0.29, 0.717) is 6.54 Å². The highest BCUT2D eigenvalue weighted by atomic mass is 35.5. The Morgan fingerprint density at radius 2 is 2.22 bits per heavy atom. The zero-order valence-corrected chi connectivity index (χ0v) is 10.7. The monoisotopic (exact) mass is 272 g/mol. The first-order valence-electron chi connectivity index (χ1n) is 5.12. The number of nitrogen functional groups attached to an aromatic ring is 1. The molecule has 0 atom stereocenters. The van der Waals surface area contributed by atoms with Gasteiger partial charge < -0.3 is 10.3 Å². The van der Waals surface area contributed by atoms with Gasteiger partial charge in [0.05, 0.1) is 9.95 Å². The van der Waals surface area contributed by atoms with Crippen LogP contribution in [0.4, 0.5) is 11.4 Å². The van der Waals surface area contributed by atoms with Crippen LogP contribution in [-0.2, 0) is 0 Å². The minimum Gasteiger partial charge on any atom is -0.342 e. The highest BCUT2D eigenvalue weighted by Crippen LogP contribution is 2.33. The second-order valence-corrected chi connectivity index (χ2v) is 3.98. The summed E-state index contributed by atoms with van der Waals surface area (Å²) in [6.45, 7) is 2.28. The van der Waals surface area contributed by atoms with E-state index in [1.807, 2.05) is 0 Å². The predicted octanol–water partition coefficient (Wildman–Crippen LogP) is 1.63. The fourth-order valence-corrected chi connectivity index (χ4v) is 1.64. The zero-order valence-electron chi connectivity index (χ0n) is 9.94. The van der Waals surface area contributed by atoms with Crippen LogP contribution in [0.5, 0.6) is 0 Å². The van der Waals surface area contributed by atoms with Crippen molar-refractivity contribution in [1.29, 1.82) is 0 Å². The van der Waals surface area contributed by atoms with Crippen LogP contribution in [0.2, 0.25) is 5.02 Å². The van der Waals surface area contributed by atoms with Crippen LogP contribution in [0.1, 0.15) is 17.3 Å². The maximum atomic E-state index is 11.9. The average Bonchev–Trinajstić information content (AvgIpc) is 2.35. The normalized spacial score (nSPS) is 10.0. The molecule has 3 N–H and O–H groups in total. The molecule has 0 spiro atoms. The Hall–Kier alpha value is -1.86. The minimum absolute atomic E-state index is 0.0163. The Bertz CT molecular complexity index is 492. The van der Waals surface area contributed by atoms with Crippen molar-refractivity contribution in [3.63, 3.8) is 0 Å². The number of nitro benzene ring substituents is 1. The van der Waals surface area contributed by atoms with Gasteiger partial charge in [-0.3, -0.25) is 20.8 Å². The molecule has 0 aromatic heterocycles. The summed E-state index contributed by atoms with van der Waals surface area (Å²) in [7, 11) is 1.59. The van der Waals surface area contributed by atoms with Crippen LogP contribution in [-0.4, -0.2) is 29.3 Å². The van der Waals surface area contributed by atoms with Gasteiger partial charge in [-0.05, 0) is 13.0 Å². The number of rotatable bonds is 4. The van der Waals surface area contributed by atoms with Crippen LogP contribution >= 0.6 is 11.6 Å². The summed E-state index contributed by atoms with van der Waals surface area (Å²) in [5, 5.41) is 10.9. The summed E-state index contributed by atoms with van der Waals surface area (Å²) in [5.74, 6) is 4.83. The zero-order chi connectivity index (χ0) is 13.9. The van der Waals surface area contributed by atoms with Gasteiger partial charge in [-0.25, -0.2) is 0 Å². The lowest BCUT2D eigenvalue weighted by molar-refractivity contribution is -0.384. The molecule has 1 amide bonds. The fraction of sp³-hybridized carbons (Fsp3) is 0.300. The van der Waals surface area contributed by atoms with E-state index in [0.717, 1.165) is 6.07 Å².